The number of nitrogen functional groups attached to an aromatic ring is 1. The Morgan fingerprint density at radius 2 is 2.09 bits per heavy atom. The SMILES string of the molecule is CN(C(=O)c1ccc(NCCCO)c(N)c1)C1CCCCC1. The predicted octanol–water partition coefficient (Wildman–Crippen LogP) is 2.47. The summed E-state index contributed by atoms with van der Waals surface area (Å²) in [6.07, 6.45) is 6.55. The van der Waals surface area contributed by atoms with E-state index in [1.807, 2.05) is 24.1 Å². The molecule has 0 unspecified atom stereocenters. The van der Waals surface area contributed by atoms with Gasteiger partial charge in [0, 0.05) is 31.8 Å². The zero-order valence-corrected chi connectivity index (χ0v) is 13.3. The number of benzene rings is 1. The van der Waals surface area contributed by atoms with Gasteiger partial charge in [-0.15, -0.1) is 0 Å². The lowest BCUT2D eigenvalue weighted by Crippen LogP contribution is -2.38. The lowest BCUT2D eigenvalue weighted by atomic mass is 9.94. The zero-order chi connectivity index (χ0) is 15.9. The lowest BCUT2D eigenvalue weighted by Gasteiger charge is -2.31. The molecule has 22 heavy (non-hydrogen) atoms. The van der Waals surface area contributed by atoms with Crippen LogP contribution in [0.3, 0.4) is 0 Å². The van der Waals surface area contributed by atoms with Gasteiger partial charge in [0.1, 0.15) is 0 Å². The molecule has 122 valence electrons. The number of hydrogen-bond acceptors (Lipinski definition) is 4. The van der Waals surface area contributed by atoms with Gasteiger partial charge in [0.15, 0.2) is 0 Å². The highest BCUT2D eigenvalue weighted by atomic mass is 16.3. The fourth-order valence-electron chi connectivity index (χ4n) is 3.00. The average Bonchev–Trinajstić information content (AvgIpc) is 2.56. The number of anilines is 2. The number of amides is 1. The molecule has 4 N–H and O–H groups in total. The van der Waals surface area contributed by atoms with Crippen LogP contribution in [-0.4, -0.2) is 42.2 Å². The fourth-order valence-corrected chi connectivity index (χ4v) is 3.00. The summed E-state index contributed by atoms with van der Waals surface area (Å²) in [5.41, 5.74) is 8.04. The molecule has 1 fully saturated rings. The summed E-state index contributed by atoms with van der Waals surface area (Å²) >= 11 is 0. The third-order valence-electron chi connectivity index (χ3n) is 4.39. The minimum Gasteiger partial charge on any atom is -0.397 e. The molecule has 0 bridgehead atoms. The molecular weight excluding hydrogens is 278 g/mol. The molecule has 1 aliphatic rings. The topological polar surface area (TPSA) is 78.6 Å². The van der Waals surface area contributed by atoms with Crippen molar-refractivity contribution >= 4 is 17.3 Å². The summed E-state index contributed by atoms with van der Waals surface area (Å²) < 4.78 is 0. The second-order valence-corrected chi connectivity index (χ2v) is 6.01. The van der Waals surface area contributed by atoms with E-state index < -0.39 is 0 Å². The Morgan fingerprint density at radius 1 is 1.36 bits per heavy atom. The first-order valence-electron chi connectivity index (χ1n) is 8.15. The van der Waals surface area contributed by atoms with Crippen molar-refractivity contribution in [3.05, 3.63) is 23.8 Å². The van der Waals surface area contributed by atoms with Crippen molar-refractivity contribution < 1.29 is 9.90 Å². The number of carbonyl (C=O) groups excluding carboxylic acids is 1. The van der Waals surface area contributed by atoms with Crippen molar-refractivity contribution in [3.63, 3.8) is 0 Å². The smallest absolute Gasteiger partial charge is 0.253 e. The quantitative estimate of drug-likeness (QED) is 0.557. The van der Waals surface area contributed by atoms with Crippen LogP contribution in [-0.2, 0) is 0 Å². The zero-order valence-electron chi connectivity index (χ0n) is 13.3. The molecule has 1 aliphatic carbocycles. The molecule has 0 aliphatic heterocycles. The molecule has 1 aromatic carbocycles. The Labute approximate surface area is 132 Å². The van der Waals surface area contributed by atoms with Crippen LogP contribution in [0.2, 0.25) is 0 Å². The second kappa shape index (κ2) is 8.03. The van der Waals surface area contributed by atoms with E-state index in [1.165, 1.54) is 19.3 Å². The van der Waals surface area contributed by atoms with Gasteiger partial charge in [0.2, 0.25) is 0 Å². The van der Waals surface area contributed by atoms with E-state index in [0.717, 1.165) is 18.5 Å². The summed E-state index contributed by atoms with van der Waals surface area (Å²) in [5, 5.41) is 12.0. The van der Waals surface area contributed by atoms with Crippen molar-refractivity contribution in [1.82, 2.24) is 4.90 Å². The van der Waals surface area contributed by atoms with Crippen LogP contribution in [0.25, 0.3) is 0 Å². The number of carbonyl (C=O) groups is 1. The Kier molecular flexibility index (Phi) is 6.07. The van der Waals surface area contributed by atoms with Gasteiger partial charge >= 0.3 is 0 Å². The van der Waals surface area contributed by atoms with Crippen LogP contribution in [0.5, 0.6) is 0 Å². The summed E-state index contributed by atoms with van der Waals surface area (Å²) in [6.45, 7) is 0.811. The third kappa shape index (κ3) is 4.13. The van der Waals surface area contributed by atoms with Gasteiger partial charge in [-0.3, -0.25) is 4.79 Å². The first-order valence-corrected chi connectivity index (χ1v) is 8.15. The van der Waals surface area contributed by atoms with Crippen LogP contribution in [0.15, 0.2) is 18.2 Å². The van der Waals surface area contributed by atoms with E-state index in [4.69, 9.17) is 10.8 Å². The Bertz CT molecular complexity index is 499. The van der Waals surface area contributed by atoms with Crippen molar-refractivity contribution in [2.75, 3.05) is 31.2 Å². The van der Waals surface area contributed by atoms with Crippen LogP contribution in [0, 0.1) is 0 Å². The van der Waals surface area contributed by atoms with Crippen molar-refractivity contribution in [2.24, 2.45) is 0 Å². The molecule has 5 nitrogen and oxygen atoms in total. The largest absolute Gasteiger partial charge is 0.397 e. The standard InChI is InChI=1S/C17H27N3O2/c1-20(14-6-3-2-4-7-14)17(22)13-8-9-16(15(18)12-13)19-10-5-11-21/h8-9,12,14,19,21H,2-7,10-11,18H2,1H3. The number of hydrogen-bond donors (Lipinski definition) is 3. The fraction of sp³-hybridized carbons (Fsp3) is 0.588. The van der Waals surface area contributed by atoms with Crippen molar-refractivity contribution in [1.29, 1.82) is 0 Å². The summed E-state index contributed by atoms with van der Waals surface area (Å²) in [7, 11) is 1.89. The molecular formula is C17H27N3O2. The molecule has 0 aromatic heterocycles. The van der Waals surface area contributed by atoms with Crippen LogP contribution >= 0.6 is 0 Å². The molecule has 1 aromatic rings. The van der Waals surface area contributed by atoms with E-state index in [0.29, 0.717) is 30.3 Å². The number of aliphatic hydroxyl groups excluding tert-OH is 1. The van der Waals surface area contributed by atoms with E-state index in [2.05, 4.69) is 5.32 Å². The highest BCUT2D eigenvalue weighted by Crippen LogP contribution is 2.25. The first-order chi connectivity index (χ1) is 10.6. The molecule has 1 saturated carbocycles. The number of rotatable bonds is 6. The normalized spacial score (nSPS) is 15.5. The Hall–Kier alpha value is -1.75. The number of aliphatic hydroxyl groups is 1. The molecule has 1 amide bonds. The average molecular weight is 305 g/mol. The molecule has 0 spiro atoms. The third-order valence-corrected chi connectivity index (χ3v) is 4.39. The second-order valence-electron chi connectivity index (χ2n) is 6.01. The summed E-state index contributed by atoms with van der Waals surface area (Å²) in [6, 6.07) is 5.75. The summed E-state index contributed by atoms with van der Waals surface area (Å²) in [5.74, 6) is 0.0421. The maximum Gasteiger partial charge on any atom is 0.253 e. The van der Waals surface area contributed by atoms with Gasteiger partial charge < -0.3 is 21.1 Å². The highest BCUT2D eigenvalue weighted by molar-refractivity contribution is 5.96. The number of nitrogens with two attached hydrogens (primary N) is 1. The van der Waals surface area contributed by atoms with Gasteiger partial charge in [-0.2, -0.15) is 0 Å². The van der Waals surface area contributed by atoms with Crippen LogP contribution in [0.1, 0.15) is 48.9 Å². The van der Waals surface area contributed by atoms with Crippen LogP contribution in [0.4, 0.5) is 11.4 Å². The van der Waals surface area contributed by atoms with E-state index in [9.17, 15) is 4.79 Å². The lowest BCUT2D eigenvalue weighted by molar-refractivity contribution is 0.0696. The Morgan fingerprint density at radius 3 is 2.73 bits per heavy atom. The van der Waals surface area contributed by atoms with Gasteiger partial charge in [0.25, 0.3) is 5.91 Å². The minimum absolute atomic E-state index is 0.0421. The van der Waals surface area contributed by atoms with Gasteiger partial charge in [-0.05, 0) is 37.5 Å². The first kappa shape index (κ1) is 16.6. The predicted molar refractivity (Wildman–Crippen MR) is 90.0 cm³/mol. The van der Waals surface area contributed by atoms with Gasteiger partial charge in [-0.1, -0.05) is 19.3 Å². The maximum absolute atomic E-state index is 12.6. The minimum atomic E-state index is 0.0421. The number of nitrogens with zero attached hydrogens (tertiary/aromatic N) is 1. The molecule has 2 rings (SSSR count). The monoisotopic (exact) mass is 305 g/mol. The highest BCUT2D eigenvalue weighted by Gasteiger charge is 2.23. The van der Waals surface area contributed by atoms with Crippen molar-refractivity contribution in [3.8, 4) is 0 Å². The van der Waals surface area contributed by atoms with Gasteiger partial charge in [0.05, 0.1) is 11.4 Å². The van der Waals surface area contributed by atoms with E-state index >= 15 is 0 Å². The van der Waals surface area contributed by atoms with E-state index in [1.54, 1.807) is 6.07 Å². The summed E-state index contributed by atoms with van der Waals surface area (Å²) in [4.78, 5) is 14.5. The van der Waals surface area contributed by atoms with Gasteiger partial charge in [-0.25, -0.2) is 0 Å². The molecule has 0 heterocycles. The Balaban J connectivity index is 2.01. The maximum atomic E-state index is 12.6. The number of nitrogens with one attached hydrogen (secondary N) is 1. The molecule has 5 heteroatoms. The van der Waals surface area contributed by atoms with Crippen LogP contribution < -0.4 is 11.1 Å². The molecule has 0 atom stereocenters. The van der Waals surface area contributed by atoms with Crippen molar-refractivity contribution in [2.45, 2.75) is 44.6 Å². The molecule has 0 saturated heterocycles. The molecule has 0 radical (unpaired) electrons. The van der Waals surface area contributed by atoms with E-state index in [-0.39, 0.29) is 12.5 Å².